The van der Waals surface area contributed by atoms with Gasteiger partial charge in [0.05, 0.1) is 6.26 Å². The van der Waals surface area contributed by atoms with Crippen molar-refractivity contribution < 1.29 is 18.0 Å². The van der Waals surface area contributed by atoms with Crippen molar-refractivity contribution >= 4 is 27.4 Å². The van der Waals surface area contributed by atoms with Gasteiger partial charge < -0.3 is 5.32 Å². The molecule has 0 aliphatic heterocycles. The molecule has 0 unspecified atom stereocenters. The lowest BCUT2D eigenvalue weighted by Gasteiger charge is -2.18. The molecule has 0 bridgehead atoms. The maximum atomic E-state index is 12.0. The predicted octanol–water partition coefficient (Wildman–Crippen LogP) is 1.64. The summed E-state index contributed by atoms with van der Waals surface area (Å²) in [7, 11) is -3.28. The molecule has 1 aliphatic carbocycles. The molecule has 1 aromatic rings. The standard InChI is InChI=1S/C15H20N2O4S/c1-11(18)12-4-3-5-13(10-12)16-15(19)8-9-17(14-6-7-14)22(2,20)21/h3-5,10,14H,6-9H2,1-2H3,(H,16,19). The second kappa shape index (κ2) is 6.58. The van der Waals surface area contributed by atoms with E-state index >= 15 is 0 Å². The molecule has 1 amide bonds. The number of nitrogens with zero attached hydrogens (tertiary/aromatic N) is 1. The molecule has 6 nitrogen and oxygen atoms in total. The van der Waals surface area contributed by atoms with Crippen LogP contribution in [0.2, 0.25) is 0 Å². The van der Waals surface area contributed by atoms with Gasteiger partial charge in [0.1, 0.15) is 0 Å². The summed E-state index contributed by atoms with van der Waals surface area (Å²) in [5.74, 6) is -0.344. The normalized spacial score (nSPS) is 14.9. The summed E-state index contributed by atoms with van der Waals surface area (Å²) in [6.45, 7) is 1.64. The number of ketones is 1. The highest BCUT2D eigenvalue weighted by atomic mass is 32.2. The van der Waals surface area contributed by atoms with Crippen LogP contribution in [0.15, 0.2) is 24.3 Å². The Balaban J connectivity index is 1.93. The van der Waals surface area contributed by atoms with E-state index < -0.39 is 10.0 Å². The summed E-state index contributed by atoms with van der Waals surface area (Å²) in [5, 5.41) is 2.69. The Morgan fingerprint density at radius 2 is 2.00 bits per heavy atom. The molecule has 0 saturated heterocycles. The van der Waals surface area contributed by atoms with Crippen molar-refractivity contribution in [3.8, 4) is 0 Å². The van der Waals surface area contributed by atoms with Gasteiger partial charge in [-0.1, -0.05) is 12.1 Å². The van der Waals surface area contributed by atoms with Crippen molar-refractivity contribution in [2.24, 2.45) is 0 Å². The molecule has 0 spiro atoms. The zero-order valence-electron chi connectivity index (χ0n) is 12.7. The first-order chi connectivity index (χ1) is 10.3. The molecular formula is C15H20N2O4S. The van der Waals surface area contributed by atoms with E-state index in [2.05, 4.69) is 5.32 Å². The number of benzene rings is 1. The molecule has 120 valence electrons. The monoisotopic (exact) mass is 324 g/mol. The number of hydrogen-bond donors (Lipinski definition) is 1. The van der Waals surface area contributed by atoms with Gasteiger partial charge in [0.25, 0.3) is 0 Å². The summed E-state index contributed by atoms with van der Waals surface area (Å²) in [6, 6.07) is 6.72. The Morgan fingerprint density at radius 1 is 1.32 bits per heavy atom. The van der Waals surface area contributed by atoms with Gasteiger partial charge in [0.2, 0.25) is 15.9 Å². The summed E-state index contributed by atoms with van der Waals surface area (Å²) >= 11 is 0. The molecule has 7 heteroatoms. The van der Waals surface area contributed by atoms with E-state index in [9.17, 15) is 18.0 Å². The van der Waals surface area contributed by atoms with Crippen LogP contribution in [0.4, 0.5) is 5.69 Å². The molecule has 22 heavy (non-hydrogen) atoms. The Bertz CT molecular complexity index is 681. The van der Waals surface area contributed by atoms with Crippen LogP contribution < -0.4 is 5.32 Å². The van der Waals surface area contributed by atoms with Gasteiger partial charge >= 0.3 is 0 Å². The highest BCUT2D eigenvalue weighted by Crippen LogP contribution is 2.28. The van der Waals surface area contributed by atoms with E-state index in [1.54, 1.807) is 24.3 Å². The highest BCUT2D eigenvalue weighted by Gasteiger charge is 2.34. The quantitative estimate of drug-likeness (QED) is 0.773. The van der Waals surface area contributed by atoms with Crippen LogP contribution >= 0.6 is 0 Å². The maximum absolute atomic E-state index is 12.0. The topological polar surface area (TPSA) is 83.6 Å². The van der Waals surface area contributed by atoms with Crippen LogP contribution in [0.5, 0.6) is 0 Å². The lowest BCUT2D eigenvalue weighted by atomic mass is 10.1. The molecule has 0 radical (unpaired) electrons. The number of hydrogen-bond acceptors (Lipinski definition) is 4. The Kier molecular flexibility index (Phi) is 4.97. The molecule has 0 heterocycles. The molecule has 1 aliphatic rings. The van der Waals surface area contributed by atoms with Gasteiger partial charge in [-0.15, -0.1) is 0 Å². The SMILES string of the molecule is CC(=O)c1cccc(NC(=O)CCN(C2CC2)S(C)(=O)=O)c1. The van der Waals surface area contributed by atoms with Crippen LogP contribution in [0.3, 0.4) is 0 Å². The van der Waals surface area contributed by atoms with E-state index in [0.717, 1.165) is 12.8 Å². The third-order valence-electron chi connectivity index (χ3n) is 3.49. The van der Waals surface area contributed by atoms with Crippen molar-refractivity contribution in [2.45, 2.75) is 32.2 Å². The summed E-state index contributed by atoms with van der Waals surface area (Å²) in [4.78, 5) is 23.3. The second-order valence-corrected chi connectivity index (χ2v) is 7.48. The summed E-state index contributed by atoms with van der Waals surface area (Å²) < 4.78 is 24.7. The number of anilines is 1. The largest absolute Gasteiger partial charge is 0.326 e. The van der Waals surface area contributed by atoms with Crippen LogP contribution in [-0.4, -0.2) is 43.3 Å². The fourth-order valence-electron chi connectivity index (χ4n) is 2.23. The third-order valence-corrected chi connectivity index (χ3v) is 4.82. The Morgan fingerprint density at radius 3 is 2.55 bits per heavy atom. The number of amides is 1. The third kappa shape index (κ3) is 4.64. The number of Topliss-reactive ketones (excluding diaryl/α,β-unsaturated/α-hetero) is 1. The van der Waals surface area contributed by atoms with Crippen molar-refractivity contribution in [1.82, 2.24) is 4.31 Å². The lowest BCUT2D eigenvalue weighted by Crippen LogP contribution is -2.34. The van der Waals surface area contributed by atoms with Gasteiger partial charge in [-0.3, -0.25) is 9.59 Å². The van der Waals surface area contributed by atoms with E-state index in [4.69, 9.17) is 0 Å². The number of rotatable bonds is 7. The molecule has 1 saturated carbocycles. The minimum absolute atomic E-state index is 0.0452. The van der Waals surface area contributed by atoms with Crippen molar-refractivity contribution in [3.63, 3.8) is 0 Å². The van der Waals surface area contributed by atoms with Crippen molar-refractivity contribution in [2.75, 3.05) is 18.1 Å². The van der Waals surface area contributed by atoms with Gasteiger partial charge in [-0.25, -0.2) is 8.42 Å². The number of carbonyl (C=O) groups excluding carboxylic acids is 2. The summed E-state index contributed by atoms with van der Waals surface area (Å²) in [5.41, 5.74) is 1.06. The molecule has 1 fully saturated rings. The van der Waals surface area contributed by atoms with Crippen LogP contribution in [0.25, 0.3) is 0 Å². The predicted molar refractivity (Wildman–Crippen MR) is 84.3 cm³/mol. The van der Waals surface area contributed by atoms with Crippen molar-refractivity contribution in [1.29, 1.82) is 0 Å². The minimum Gasteiger partial charge on any atom is -0.326 e. The van der Waals surface area contributed by atoms with Gasteiger partial charge in [0, 0.05) is 30.3 Å². The Labute approximate surface area is 130 Å². The van der Waals surface area contributed by atoms with Gasteiger partial charge in [0.15, 0.2) is 5.78 Å². The molecule has 0 atom stereocenters. The average molecular weight is 324 g/mol. The maximum Gasteiger partial charge on any atom is 0.225 e. The minimum atomic E-state index is -3.28. The van der Waals surface area contributed by atoms with Crippen LogP contribution in [0, 0.1) is 0 Å². The smallest absolute Gasteiger partial charge is 0.225 e. The van der Waals surface area contributed by atoms with Gasteiger partial charge in [-0.2, -0.15) is 4.31 Å². The van der Waals surface area contributed by atoms with Crippen LogP contribution in [-0.2, 0) is 14.8 Å². The van der Waals surface area contributed by atoms with Crippen molar-refractivity contribution in [3.05, 3.63) is 29.8 Å². The number of nitrogens with one attached hydrogen (secondary N) is 1. The molecule has 0 aromatic heterocycles. The van der Waals surface area contributed by atoms with Crippen LogP contribution in [0.1, 0.15) is 36.5 Å². The van der Waals surface area contributed by atoms with E-state index in [0.29, 0.717) is 11.3 Å². The first kappa shape index (κ1) is 16.6. The molecule has 1 aromatic carbocycles. The fourth-order valence-corrected chi connectivity index (χ4v) is 3.41. The summed E-state index contributed by atoms with van der Waals surface area (Å²) in [6.07, 6.45) is 2.97. The van der Waals surface area contributed by atoms with E-state index in [1.165, 1.54) is 17.5 Å². The van der Waals surface area contributed by atoms with E-state index in [1.807, 2.05) is 0 Å². The lowest BCUT2D eigenvalue weighted by molar-refractivity contribution is -0.116. The fraction of sp³-hybridized carbons (Fsp3) is 0.467. The highest BCUT2D eigenvalue weighted by molar-refractivity contribution is 7.88. The molecule has 1 N–H and O–H groups in total. The molecular weight excluding hydrogens is 304 g/mol. The second-order valence-electron chi connectivity index (χ2n) is 5.54. The average Bonchev–Trinajstić information content (AvgIpc) is 3.22. The van der Waals surface area contributed by atoms with Gasteiger partial charge in [-0.05, 0) is 31.9 Å². The first-order valence-corrected chi connectivity index (χ1v) is 9.00. The van der Waals surface area contributed by atoms with E-state index in [-0.39, 0.29) is 30.7 Å². The first-order valence-electron chi connectivity index (χ1n) is 7.15. The molecule has 2 rings (SSSR count). The zero-order chi connectivity index (χ0) is 16.3. The Hall–Kier alpha value is -1.73. The number of carbonyl (C=O) groups is 2. The number of sulfonamides is 1. The zero-order valence-corrected chi connectivity index (χ0v) is 13.5.